The Kier molecular flexibility index (Phi) is 7.85. The molecule has 0 fully saturated rings. The average molecular weight is 392 g/mol. The van der Waals surface area contributed by atoms with Gasteiger partial charge in [-0.05, 0) is 43.4 Å². The Morgan fingerprint density at radius 1 is 0.966 bits per heavy atom. The Bertz CT molecular complexity index is 897. The quantitative estimate of drug-likeness (QED) is 0.448. The molecule has 0 spiro atoms. The zero-order chi connectivity index (χ0) is 20.5. The molecular weight excluding hydrogens is 358 g/mol. The third-order valence-corrected chi connectivity index (χ3v) is 5.65. The number of amides is 1. The van der Waals surface area contributed by atoms with E-state index in [-0.39, 0.29) is 11.8 Å². The van der Waals surface area contributed by atoms with Crippen molar-refractivity contribution < 1.29 is 4.79 Å². The molecule has 0 bridgehead atoms. The van der Waals surface area contributed by atoms with Crippen molar-refractivity contribution in [3.8, 4) is 0 Å². The number of fused-ring (bicyclic) bond motifs is 1. The predicted octanol–water partition coefficient (Wildman–Crippen LogP) is 5.35. The van der Waals surface area contributed by atoms with E-state index in [1.54, 1.807) is 0 Å². The Hall–Kier alpha value is -2.62. The van der Waals surface area contributed by atoms with Gasteiger partial charge in [-0.3, -0.25) is 4.79 Å². The maximum atomic E-state index is 12.1. The van der Waals surface area contributed by atoms with Crippen LogP contribution in [0.25, 0.3) is 11.0 Å². The Balaban J connectivity index is 1.55. The lowest BCUT2D eigenvalue weighted by atomic mass is 10.0. The van der Waals surface area contributed by atoms with Crippen molar-refractivity contribution in [2.75, 3.05) is 6.54 Å². The minimum Gasteiger partial charge on any atom is -0.356 e. The van der Waals surface area contributed by atoms with Crippen LogP contribution in [0, 0.1) is 5.92 Å². The molecule has 1 aromatic heterocycles. The van der Waals surface area contributed by atoms with Crippen molar-refractivity contribution in [2.45, 2.75) is 58.9 Å². The van der Waals surface area contributed by atoms with Crippen LogP contribution in [-0.2, 0) is 17.8 Å². The predicted molar refractivity (Wildman–Crippen MR) is 120 cm³/mol. The molecule has 0 atom stereocenters. The minimum atomic E-state index is 0.160. The second-order valence-electron chi connectivity index (χ2n) is 7.70. The summed E-state index contributed by atoms with van der Waals surface area (Å²) in [6.45, 7) is 5.78. The van der Waals surface area contributed by atoms with Crippen molar-refractivity contribution in [1.82, 2.24) is 14.9 Å². The molecule has 29 heavy (non-hydrogen) atoms. The fraction of sp³-hybridized carbons (Fsp3) is 0.440. The number of benzene rings is 2. The lowest BCUT2D eigenvalue weighted by Gasteiger charge is -2.12. The van der Waals surface area contributed by atoms with Crippen molar-refractivity contribution in [2.24, 2.45) is 5.92 Å². The molecule has 0 radical (unpaired) electrons. The molecule has 1 N–H and O–H groups in total. The van der Waals surface area contributed by atoms with Gasteiger partial charge < -0.3 is 9.88 Å². The van der Waals surface area contributed by atoms with Crippen molar-refractivity contribution in [3.05, 3.63) is 66.0 Å². The van der Waals surface area contributed by atoms with Gasteiger partial charge in [0.2, 0.25) is 5.91 Å². The first-order chi connectivity index (χ1) is 14.2. The number of nitrogens with one attached hydrogen (secondary N) is 1. The monoisotopic (exact) mass is 391 g/mol. The van der Waals surface area contributed by atoms with Gasteiger partial charge in [0, 0.05) is 25.4 Å². The summed E-state index contributed by atoms with van der Waals surface area (Å²) in [6, 6.07) is 18.9. The first kappa shape index (κ1) is 21.1. The highest BCUT2D eigenvalue weighted by Crippen LogP contribution is 2.19. The van der Waals surface area contributed by atoms with E-state index in [2.05, 4.69) is 78.3 Å². The summed E-state index contributed by atoms with van der Waals surface area (Å²) < 4.78 is 2.35. The van der Waals surface area contributed by atoms with Gasteiger partial charge in [-0.2, -0.15) is 0 Å². The standard InChI is InChI=1S/C25H33N3O/c1-3-21(4-2)25(29)26-18-12-6-9-17-24-27-22-15-10-11-16-23(22)28(24)19-20-13-7-5-8-14-20/h5,7-8,10-11,13-16,21H,3-4,6,9,12,17-19H2,1-2H3,(H,26,29). The molecule has 0 aliphatic carbocycles. The van der Waals surface area contributed by atoms with E-state index in [0.717, 1.165) is 63.0 Å². The van der Waals surface area contributed by atoms with Crippen LogP contribution < -0.4 is 5.32 Å². The lowest BCUT2D eigenvalue weighted by Crippen LogP contribution is -2.30. The number of unbranched alkanes of at least 4 members (excludes halogenated alkanes) is 2. The number of rotatable bonds is 11. The molecule has 4 heteroatoms. The van der Waals surface area contributed by atoms with Crippen LogP contribution >= 0.6 is 0 Å². The van der Waals surface area contributed by atoms with E-state index in [0.29, 0.717) is 0 Å². The van der Waals surface area contributed by atoms with Crippen LogP contribution in [0.1, 0.15) is 57.3 Å². The zero-order valence-corrected chi connectivity index (χ0v) is 17.7. The maximum Gasteiger partial charge on any atom is 0.223 e. The Morgan fingerprint density at radius 3 is 2.45 bits per heavy atom. The summed E-state index contributed by atoms with van der Waals surface area (Å²) in [5.74, 6) is 1.52. The molecule has 3 rings (SSSR count). The highest BCUT2D eigenvalue weighted by Gasteiger charge is 2.13. The van der Waals surface area contributed by atoms with E-state index >= 15 is 0 Å². The van der Waals surface area contributed by atoms with E-state index in [1.165, 1.54) is 11.1 Å². The van der Waals surface area contributed by atoms with E-state index < -0.39 is 0 Å². The number of imidazole rings is 1. The molecule has 4 nitrogen and oxygen atoms in total. The molecular formula is C25H33N3O. The van der Waals surface area contributed by atoms with Gasteiger partial charge >= 0.3 is 0 Å². The van der Waals surface area contributed by atoms with E-state index in [4.69, 9.17) is 4.98 Å². The van der Waals surface area contributed by atoms with Gasteiger partial charge in [0.15, 0.2) is 0 Å². The molecule has 154 valence electrons. The summed E-state index contributed by atoms with van der Waals surface area (Å²) in [6.07, 6.45) is 5.99. The first-order valence-corrected chi connectivity index (χ1v) is 11.0. The highest BCUT2D eigenvalue weighted by molar-refractivity contribution is 5.78. The first-order valence-electron chi connectivity index (χ1n) is 11.0. The molecule has 0 aliphatic heterocycles. The van der Waals surface area contributed by atoms with Crippen LogP contribution in [0.3, 0.4) is 0 Å². The number of hydrogen-bond acceptors (Lipinski definition) is 2. The molecule has 1 amide bonds. The molecule has 0 saturated carbocycles. The average Bonchev–Trinajstić information content (AvgIpc) is 3.09. The van der Waals surface area contributed by atoms with Gasteiger partial charge in [-0.25, -0.2) is 4.98 Å². The molecule has 1 heterocycles. The van der Waals surface area contributed by atoms with Crippen LogP contribution in [0.2, 0.25) is 0 Å². The second kappa shape index (κ2) is 10.8. The molecule has 0 unspecified atom stereocenters. The number of nitrogens with zero attached hydrogens (tertiary/aromatic N) is 2. The van der Waals surface area contributed by atoms with Crippen molar-refractivity contribution in [3.63, 3.8) is 0 Å². The zero-order valence-electron chi connectivity index (χ0n) is 17.7. The van der Waals surface area contributed by atoms with Gasteiger partial charge in [-0.1, -0.05) is 62.7 Å². The lowest BCUT2D eigenvalue weighted by molar-refractivity contribution is -0.125. The number of carbonyl (C=O) groups excluding carboxylic acids is 1. The second-order valence-corrected chi connectivity index (χ2v) is 7.70. The van der Waals surface area contributed by atoms with Gasteiger partial charge in [0.05, 0.1) is 11.0 Å². The van der Waals surface area contributed by atoms with E-state index in [9.17, 15) is 4.79 Å². The van der Waals surface area contributed by atoms with Crippen LogP contribution in [0.15, 0.2) is 54.6 Å². The van der Waals surface area contributed by atoms with Gasteiger partial charge in [-0.15, -0.1) is 0 Å². The maximum absolute atomic E-state index is 12.1. The minimum absolute atomic E-state index is 0.160. The Labute approximate surface area is 174 Å². The number of aromatic nitrogens is 2. The van der Waals surface area contributed by atoms with Crippen LogP contribution in [-0.4, -0.2) is 22.0 Å². The number of aryl methyl sites for hydroxylation is 1. The number of carbonyl (C=O) groups is 1. The summed E-state index contributed by atoms with van der Waals surface area (Å²) in [7, 11) is 0. The highest BCUT2D eigenvalue weighted by atomic mass is 16.1. The fourth-order valence-electron chi connectivity index (χ4n) is 3.86. The third-order valence-electron chi connectivity index (χ3n) is 5.65. The summed E-state index contributed by atoms with van der Waals surface area (Å²) in [4.78, 5) is 16.9. The normalized spacial score (nSPS) is 11.3. The van der Waals surface area contributed by atoms with Crippen LogP contribution in [0.4, 0.5) is 0 Å². The van der Waals surface area contributed by atoms with E-state index in [1.807, 2.05) is 0 Å². The van der Waals surface area contributed by atoms with Gasteiger partial charge in [0.1, 0.15) is 5.82 Å². The Morgan fingerprint density at radius 2 is 1.69 bits per heavy atom. The topological polar surface area (TPSA) is 46.9 Å². The van der Waals surface area contributed by atoms with Crippen molar-refractivity contribution in [1.29, 1.82) is 0 Å². The van der Waals surface area contributed by atoms with Gasteiger partial charge in [0.25, 0.3) is 0 Å². The summed E-state index contributed by atoms with van der Waals surface area (Å²) >= 11 is 0. The third kappa shape index (κ3) is 5.69. The molecule has 2 aromatic carbocycles. The largest absolute Gasteiger partial charge is 0.356 e. The van der Waals surface area contributed by atoms with Crippen LogP contribution in [0.5, 0.6) is 0 Å². The molecule has 0 saturated heterocycles. The summed E-state index contributed by atoms with van der Waals surface area (Å²) in [5, 5.41) is 3.09. The number of para-hydroxylation sites is 2. The fourth-order valence-corrected chi connectivity index (χ4v) is 3.86. The molecule has 0 aliphatic rings. The summed E-state index contributed by atoms with van der Waals surface area (Å²) in [5.41, 5.74) is 3.56. The number of hydrogen-bond donors (Lipinski definition) is 1. The van der Waals surface area contributed by atoms with Crippen molar-refractivity contribution >= 4 is 16.9 Å². The molecule has 3 aromatic rings. The smallest absolute Gasteiger partial charge is 0.223 e. The SMILES string of the molecule is CCC(CC)C(=O)NCCCCCc1nc2ccccc2n1Cc1ccccc1.